The number of benzene rings is 1. The van der Waals surface area contributed by atoms with Crippen molar-refractivity contribution in [1.29, 1.82) is 0 Å². The van der Waals surface area contributed by atoms with Crippen LogP contribution >= 0.6 is 31.9 Å². The predicted octanol–water partition coefficient (Wildman–Crippen LogP) is 2.37. The van der Waals surface area contributed by atoms with Crippen LogP contribution in [0.15, 0.2) is 24.3 Å². The highest BCUT2D eigenvalue weighted by atomic mass is 79.9. The first-order chi connectivity index (χ1) is 7.70. The summed E-state index contributed by atoms with van der Waals surface area (Å²) in [5.74, 6) is 0.0123. The summed E-state index contributed by atoms with van der Waals surface area (Å²) in [6.45, 7) is 0. The molecule has 0 saturated heterocycles. The minimum Gasteiger partial charge on any atom is -0.497 e. The summed E-state index contributed by atoms with van der Waals surface area (Å²) in [7, 11) is -2.11. The maximum Gasteiger partial charge on any atom is 0.242 e. The summed E-state index contributed by atoms with van der Waals surface area (Å²) >= 11 is 5.78. The van der Waals surface area contributed by atoms with E-state index in [1.54, 1.807) is 12.1 Å². The Morgan fingerprint density at radius 2 is 1.71 bits per heavy atom. The average Bonchev–Trinajstić information content (AvgIpc) is 2.26. The third-order valence-corrected chi connectivity index (χ3v) is 7.45. The molecule has 0 aromatic heterocycles. The number of Topliss-reactive ketones (excluding diaryl/α,β-unsaturated/α-hetero) is 1. The molecule has 0 N–H and O–H groups in total. The zero-order valence-electron chi connectivity index (χ0n) is 9.11. The van der Waals surface area contributed by atoms with Gasteiger partial charge in [-0.25, -0.2) is 8.42 Å². The lowest BCUT2D eigenvalue weighted by Crippen LogP contribution is -2.33. The van der Waals surface area contributed by atoms with Crippen molar-refractivity contribution in [3.63, 3.8) is 0 Å². The van der Waals surface area contributed by atoms with Crippen LogP contribution in [-0.4, -0.2) is 30.1 Å². The number of ketones is 1. The summed E-state index contributed by atoms with van der Waals surface area (Å²) in [6.07, 6.45) is 0.970. The van der Waals surface area contributed by atoms with E-state index in [1.807, 2.05) is 0 Å². The van der Waals surface area contributed by atoms with E-state index in [0.717, 1.165) is 6.26 Å². The van der Waals surface area contributed by atoms with Crippen LogP contribution < -0.4 is 4.74 Å². The quantitative estimate of drug-likeness (QED) is 0.589. The molecule has 0 bridgehead atoms. The van der Waals surface area contributed by atoms with Gasteiger partial charge in [-0.2, -0.15) is 0 Å². The fourth-order valence-corrected chi connectivity index (χ4v) is 1.99. The van der Waals surface area contributed by atoms with Gasteiger partial charge in [-0.05, 0) is 56.1 Å². The fourth-order valence-electron chi connectivity index (χ4n) is 1.08. The molecule has 0 radical (unpaired) electrons. The molecule has 0 spiro atoms. The van der Waals surface area contributed by atoms with Crippen LogP contribution in [0, 0.1) is 0 Å². The Hall–Kier alpha value is -0.400. The molecule has 0 atom stereocenters. The van der Waals surface area contributed by atoms with Gasteiger partial charge in [0.1, 0.15) is 5.75 Å². The van der Waals surface area contributed by atoms with Crippen LogP contribution in [0.25, 0.3) is 0 Å². The van der Waals surface area contributed by atoms with E-state index in [4.69, 9.17) is 4.74 Å². The number of sulfone groups is 1. The Morgan fingerprint density at radius 1 is 1.24 bits per heavy atom. The highest BCUT2D eigenvalue weighted by Crippen LogP contribution is 2.36. The SMILES string of the molecule is COc1ccc(C(=O)C(Br)(Br)S(C)(=O)=O)cc1. The van der Waals surface area contributed by atoms with Crippen molar-refractivity contribution in [3.8, 4) is 5.75 Å². The summed E-state index contributed by atoms with van der Waals surface area (Å²) in [4.78, 5) is 12.0. The van der Waals surface area contributed by atoms with Gasteiger partial charge >= 0.3 is 0 Å². The van der Waals surface area contributed by atoms with Crippen molar-refractivity contribution in [2.45, 2.75) is 2.57 Å². The zero-order valence-corrected chi connectivity index (χ0v) is 13.1. The van der Waals surface area contributed by atoms with Crippen molar-refractivity contribution in [2.24, 2.45) is 0 Å². The smallest absolute Gasteiger partial charge is 0.242 e. The van der Waals surface area contributed by atoms with Crippen LogP contribution in [0.5, 0.6) is 5.75 Å². The summed E-state index contributed by atoms with van der Waals surface area (Å²) < 4.78 is 26.1. The third kappa shape index (κ3) is 3.08. The van der Waals surface area contributed by atoms with Crippen molar-refractivity contribution in [1.82, 2.24) is 0 Å². The van der Waals surface area contributed by atoms with Gasteiger partial charge in [-0.15, -0.1) is 0 Å². The molecule has 94 valence electrons. The van der Waals surface area contributed by atoms with E-state index >= 15 is 0 Å². The van der Waals surface area contributed by atoms with Crippen molar-refractivity contribution < 1.29 is 17.9 Å². The number of ether oxygens (including phenoxy) is 1. The van der Waals surface area contributed by atoms with Crippen LogP contribution in [0.4, 0.5) is 0 Å². The molecule has 1 aromatic carbocycles. The summed E-state index contributed by atoms with van der Waals surface area (Å²) in [5, 5.41) is 0. The second-order valence-corrected chi connectivity index (χ2v) is 10.00. The highest BCUT2D eigenvalue weighted by molar-refractivity contribution is 9.28. The van der Waals surface area contributed by atoms with Gasteiger partial charge in [-0.1, -0.05) is 0 Å². The topological polar surface area (TPSA) is 60.4 Å². The van der Waals surface area contributed by atoms with Crippen LogP contribution in [0.2, 0.25) is 0 Å². The molecule has 0 amide bonds. The van der Waals surface area contributed by atoms with Gasteiger partial charge in [0.2, 0.25) is 8.35 Å². The first-order valence-electron chi connectivity index (χ1n) is 4.46. The molecule has 0 saturated carbocycles. The number of hydrogen-bond acceptors (Lipinski definition) is 4. The van der Waals surface area contributed by atoms with E-state index < -0.39 is 18.2 Å². The van der Waals surface area contributed by atoms with Gasteiger partial charge in [0, 0.05) is 11.8 Å². The number of carbonyl (C=O) groups excluding carboxylic acids is 1. The van der Waals surface area contributed by atoms with Crippen molar-refractivity contribution >= 4 is 47.5 Å². The van der Waals surface area contributed by atoms with Crippen molar-refractivity contribution in [2.75, 3.05) is 13.4 Å². The summed E-state index contributed by atoms with van der Waals surface area (Å²) in [5.41, 5.74) is 0.268. The third-order valence-electron chi connectivity index (χ3n) is 2.08. The van der Waals surface area contributed by atoms with Crippen LogP contribution in [-0.2, 0) is 9.84 Å². The molecule has 17 heavy (non-hydrogen) atoms. The van der Waals surface area contributed by atoms with Gasteiger partial charge in [-0.3, -0.25) is 4.79 Å². The van der Waals surface area contributed by atoms with Crippen LogP contribution in [0.3, 0.4) is 0 Å². The van der Waals surface area contributed by atoms with Gasteiger partial charge in [0.15, 0.2) is 9.84 Å². The predicted molar refractivity (Wildman–Crippen MR) is 72.8 cm³/mol. The van der Waals surface area contributed by atoms with E-state index in [2.05, 4.69) is 31.9 Å². The van der Waals surface area contributed by atoms with Crippen molar-refractivity contribution in [3.05, 3.63) is 29.8 Å². The minimum absolute atomic E-state index is 0.268. The molecule has 0 fully saturated rings. The Bertz CT molecular complexity index is 520. The van der Waals surface area contributed by atoms with Gasteiger partial charge in [0.05, 0.1) is 7.11 Å². The number of rotatable bonds is 4. The molecule has 4 nitrogen and oxygen atoms in total. The number of carbonyl (C=O) groups is 1. The fraction of sp³-hybridized carbons (Fsp3) is 0.300. The molecule has 7 heteroatoms. The number of hydrogen-bond donors (Lipinski definition) is 0. The number of alkyl halides is 2. The van der Waals surface area contributed by atoms with E-state index in [9.17, 15) is 13.2 Å². The van der Waals surface area contributed by atoms with E-state index in [0.29, 0.717) is 5.75 Å². The second-order valence-electron chi connectivity index (χ2n) is 3.35. The first-order valence-corrected chi connectivity index (χ1v) is 7.94. The van der Waals surface area contributed by atoms with Gasteiger partial charge in [0.25, 0.3) is 0 Å². The Balaban J connectivity index is 3.13. The molecule has 0 aliphatic rings. The molecule has 0 aliphatic carbocycles. The lowest BCUT2D eigenvalue weighted by molar-refractivity contribution is 0.100. The molecule has 0 heterocycles. The molecule has 0 aliphatic heterocycles. The van der Waals surface area contributed by atoms with Crippen LogP contribution in [0.1, 0.15) is 10.4 Å². The molecular formula is C10H10Br2O4S. The molecule has 0 unspecified atom stereocenters. The Morgan fingerprint density at radius 3 is 2.06 bits per heavy atom. The maximum atomic E-state index is 12.0. The molecular weight excluding hydrogens is 376 g/mol. The monoisotopic (exact) mass is 384 g/mol. The first kappa shape index (κ1) is 14.7. The Kier molecular flexibility index (Phi) is 4.38. The summed E-state index contributed by atoms with van der Waals surface area (Å²) in [6, 6.07) is 6.18. The van der Waals surface area contributed by atoms with E-state index in [-0.39, 0.29) is 5.56 Å². The largest absolute Gasteiger partial charge is 0.497 e. The Labute approximate surface area is 117 Å². The highest BCUT2D eigenvalue weighted by Gasteiger charge is 2.43. The maximum absolute atomic E-state index is 12.0. The number of halogens is 2. The van der Waals surface area contributed by atoms with E-state index in [1.165, 1.54) is 19.2 Å². The molecule has 1 rings (SSSR count). The molecule has 1 aromatic rings. The van der Waals surface area contributed by atoms with Gasteiger partial charge < -0.3 is 4.74 Å². The average molecular weight is 386 g/mol. The minimum atomic E-state index is -3.61. The second kappa shape index (κ2) is 5.07. The number of methoxy groups -OCH3 is 1. The zero-order chi connectivity index (χ0) is 13.3. The lowest BCUT2D eigenvalue weighted by Gasteiger charge is -2.16. The normalized spacial score (nSPS) is 12.2. The lowest BCUT2D eigenvalue weighted by atomic mass is 10.1. The standard InChI is InChI=1S/C10H10Br2O4S/c1-16-8-5-3-7(4-6-8)9(13)10(11,12)17(2,14)15/h3-6H,1-2H3.